The second kappa shape index (κ2) is 7.28. The zero-order valence-electron chi connectivity index (χ0n) is 16.9. The summed E-state index contributed by atoms with van der Waals surface area (Å²) in [4.78, 5) is 38.8. The third kappa shape index (κ3) is 3.58. The third-order valence-corrected chi connectivity index (χ3v) is 5.48. The second-order valence-corrected chi connectivity index (χ2v) is 7.82. The number of urea groups is 1. The van der Waals surface area contributed by atoms with Gasteiger partial charge >= 0.3 is 6.03 Å². The standard InChI is InChI=1S/C20H24N4O5/c1-12(2)19(3,11-21)22-16(25)10-24-17(26)20(4,23-18(24)27)13-5-6-14-15(9-13)29-8-7-28-14/h5-6,9,12H,7-8,10H2,1-4H3,(H,22,25)(H,23,27)/t19-,20-/m0/s1. The quantitative estimate of drug-likeness (QED) is 0.718. The van der Waals surface area contributed by atoms with Gasteiger partial charge in [-0.2, -0.15) is 5.26 Å². The van der Waals surface area contributed by atoms with Gasteiger partial charge in [0, 0.05) is 0 Å². The summed E-state index contributed by atoms with van der Waals surface area (Å²) in [6.07, 6.45) is 0. The van der Waals surface area contributed by atoms with Crippen LogP contribution in [0.1, 0.15) is 33.3 Å². The van der Waals surface area contributed by atoms with Gasteiger partial charge in [-0.15, -0.1) is 0 Å². The molecule has 0 aromatic heterocycles. The minimum Gasteiger partial charge on any atom is -0.486 e. The van der Waals surface area contributed by atoms with Gasteiger partial charge in [-0.1, -0.05) is 19.9 Å². The molecule has 9 nitrogen and oxygen atoms in total. The maximum absolute atomic E-state index is 13.0. The lowest BCUT2D eigenvalue weighted by molar-refractivity contribution is -0.135. The number of carbonyl (C=O) groups is 3. The van der Waals surface area contributed by atoms with Gasteiger partial charge in [0.15, 0.2) is 11.5 Å². The summed E-state index contributed by atoms with van der Waals surface area (Å²) in [5.41, 5.74) is -1.92. The fraction of sp³-hybridized carbons (Fsp3) is 0.500. The molecular weight excluding hydrogens is 376 g/mol. The number of nitriles is 1. The molecule has 29 heavy (non-hydrogen) atoms. The maximum atomic E-state index is 13.0. The molecule has 1 saturated heterocycles. The highest BCUT2D eigenvalue weighted by molar-refractivity contribution is 6.09. The van der Waals surface area contributed by atoms with Gasteiger partial charge in [0.2, 0.25) is 5.91 Å². The lowest BCUT2D eigenvalue weighted by atomic mass is 9.90. The van der Waals surface area contributed by atoms with Crippen LogP contribution in [0.25, 0.3) is 0 Å². The van der Waals surface area contributed by atoms with Crippen LogP contribution in [0.5, 0.6) is 11.5 Å². The molecule has 0 radical (unpaired) electrons. The first-order valence-electron chi connectivity index (χ1n) is 9.37. The average Bonchev–Trinajstić information content (AvgIpc) is 2.91. The van der Waals surface area contributed by atoms with Crippen LogP contribution in [-0.4, -0.2) is 48.0 Å². The Morgan fingerprint density at radius 1 is 1.34 bits per heavy atom. The minimum atomic E-state index is -1.34. The van der Waals surface area contributed by atoms with Crippen molar-refractivity contribution in [2.45, 2.75) is 38.8 Å². The van der Waals surface area contributed by atoms with Gasteiger partial charge in [-0.05, 0) is 37.5 Å². The van der Waals surface area contributed by atoms with Crippen LogP contribution >= 0.6 is 0 Å². The van der Waals surface area contributed by atoms with E-state index in [1.807, 2.05) is 0 Å². The third-order valence-electron chi connectivity index (χ3n) is 5.48. The largest absolute Gasteiger partial charge is 0.486 e. The van der Waals surface area contributed by atoms with Crippen LogP contribution in [0.2, 0.25) is 0 Å². The number of hydrogen-bond donors (Lipinski definition) is 2. The fourth-order valence-corrected chi connectivity index (χ4v) is 3.16. The Bertz CT molecular complexity index is 909. The van der Waals surface area contributed by atoms with Gasteiger partial charge in [-0.25, -0.2) is 4.79 Å². The van der Waals surface area contributed by atoms with Gasteiger partial charge in [0.05, 0.1) is 6.07 Å². The molecule has 2 heterocycles. The van der Waals surface area contributed by atoms with Gasteiger partial charge < -0.3 is 20.1 Å². The molecule has 0 saturated carbocycles. The van der Waals surface area contributed by atoms with E-state index in [1.165, 1.54) is 0 Å². The van der Waals surface area contributed by atoms with E-state index in [2.05, 4.69) is 16.7 Å². The predicted octanol–water partition coefficient (Wildman–Crippen LogP) is 1.28. The first-order chi connectivity index (χ1) is 13.6. The maximum Gasteiger partial charge on any atom is 0.325 e. The summed E-state index contributed by atoms with van der Waals surface area (Å²) >= 11 is 0. The molecule has 0 unspecified atom stereocenters. The lowest BCUT2D eigenvalue weighted by Gasteiger charge is -2.28. The van der Waals surface area contributed by atoms with E-state index in [0.29, 0.717) is 30.3 Å². The molecule has 154 valence electrons. The van der Waals surface area contributed by atoms with E-state index in [9.17, 15) is 19.6 Å². The second-order valence-electron chi connectivity index (χ2n) is 7.82. The number of hydrogen-bond acceptors (Lipinski definition) is 6. The molecule has 4 amide bonds. The van der Waals surface area contributed by atoms with Crippen LogP contribution in [-0.2, 0) is 15.1 Å². The van der Waals surface area contributed by atoms with Crippen LogP contribution < -0.4 is 20.1 Å². The molecule has 1 aromatic rings. The fourth-order valence-electron chi connectivity index (χ4n) is 3.16. The summed E-state index contributed by atoms with van der Waals surface area (Å²) in [5.74, 6) is -0.228. The SMILES string of the molecule is CC(C)[C@](C)(C#N)NC(=O)CN1C(=O)N[C@@](C)(c2ccc3c(c2)OCCO3)C1=O. The molecule has 1 aromatic carbocycles. The number of amides is 4. The monoisotopic (exact) mass is 400 g/mol. The van der Waals surface area contributed by atoms with Crippen LogP contribution in [0.3, 0.4) is 0 Å². The Balaban J connectivity index is 1.79. The minimum absolute atomic E-state index is 0.150. The Kier molecular flexibility index (Phi) is 5.13. The number of rotatable bonds is 5. The number of imide groups is 1. The van der Waals surface area contributed by atoms with E-state index >= 15 is 0 Å². The van der Waals surface area contributed by atoms with Crippen molar-refractivity contribution < 1.29 is 23.9 Å². The highest BCUT2D eigenvalue weighted by Gasteiger charge is 2.50. The van der Waals surface area contributed by atoms with Crippen molar-refractivity contribution >= 4 is 17.8 Å². The van der Waals surface area contributed by atoms with Gasteiger partial charge in [-0.3, -0.25) is 14.5 Å². The normalized spacial score (nSPS) is 22.7. The molecule has 2 N–H and O–H groups in total. The highest BCUT2D eigenvalue weighted by Crippen LogP contribution is 2.36. The smallest absolute Gasteiger partial charge is 0.325 e. The predicted molar refractivity (Wildman–Crippen MR) is 102 cm³/mol. The van der Waals surface area contributed by atoms with Crippen molar-refractivity contribution in [3.63, 3.8) is 0 Å². The molecule has 3 rings (SSSR count). The molecule has 1 fully saturated rings. The van der Waals surface area contributed by atoms with Crippen LogP contribution in [0.4, 0.5) is 4.79 Å². The molecule has 2 aliphatic heterocycles. The number of benzene rings is 1. The van der Waals surface area contributed by atoms with E-state index in [1.54, 1.807) is 45.9 Å². The highest BCUT2D eigenvalue weighted by atomic mass is 16.6. The van der Waals surface area contributed by atoms with E-state index in [-0.39, 0.29) is 5.92 Å². The Hall–Kier alpha value is -3.28. The Labute approximate surface area is 168 Å². The van der Waals surface area contributed by atoms with Crippen LogP contribution in [0.15, 0.2) is 18.2 Å². The van der Waals surface area contributed by atoms with Crippen molar-refractivity contribution in [2.24, 2.45) is 5.92 Å². The van der Waals surface area contributed by atoms with Crippen molar-refractivity contribution in [3.05, 3.63) is 23.8 Å². The molecule has 9 heteroatoms. The average molecular weight is 400 g/mol. The Morgan fingerprint density at radius 3 is 2.62 bits per heavy atom. The molecule has 0 bridgehead atoms. The van der Waals surface area contributed by atoms with Gasteiger partial charge in [0.1, 0.15) is 30.8 Å². The summed E-state index contributed by atoms with van der Waals surface area (Å²) in [7, 11) is 0. The molecule has 0 aliphatic carbocycles. The number of nitrogens with zero attached hydrogens (tertiary/aromatic N) is 2. The van der Waals surface area contributed by atoms with E-state index < -0.39 is 35.5 Å². The van der Waals surface area contributed by atoms with Crippen LogP contribution in [0, 0.1) is 17.2 Å². The van der Waals surface area contributed by atoms with Crippen molar-refractivity contribution in [3.8, 4) is 17.6 Å². The van der Waals surface area contributed by atoms with E-state index in [0.717, 1.165) is 4.90 Å². The summed E-state index contributed by atoms with van der Waals surface area (Å²) in [6, 6.07) is 6.41. The number of carbonyl (C=O) groups excluding carboxylic acids is 3. The first-order valence-corrected chi connectivity index (χ1v) is 9.37. The zero-order valence-corrected chi connectivity index (χ0v) is 16.9. The Morgan fingerprint density at radius 2 is 2.00 bits per heavy atom. The molecule has 0 spiro atoms. The van der Waals surface area contributed by atoms with Crippen molar-refractivity contribution in [1.82, 2.24) is 15.5 Å². The van der Waals surface area contributed by atoms with Gasteiger partial charge in [0.25, 0.3) is 5.91 Å². The number of fused-ring (bicyclic) bond motifs is 1. The first kappa shape index (κ1) is 20.5. The molecule has 2 aliphatic rings. The van der Waals surface area contributed by atoms with Crippen molar-refractivity contribution in [2.75, 3.05) is 19.8 Å². The molecular formula is C20H24N4O5. The topological polar surface area (TPSA) is 121 Å². The zero-order chi connectivity index (χ0) is 21.4. The summed E-state index contributed by atoms with van der Waals surface area (Å²) in [6.45, 7) is 7.14. The van der Waals surface area contributed by atoms with Crippen molar-refractivity contribution in [1.29, 1.82) is 5.26 Å². The van der Waals surface area contributed by atoms with E-state index in [4.69, 9.17) is 9.47 Å². The molecule has 2 atom stereocenters. The summed E-state index contributed by atoms with van der Waals surface area (Å²) in [5, 5.41) is 14.6. The lowest BCUT2D eigenvalue weighted by Crippen LogP contribution is -2.52. The number of nitrogens with one attached hydrogen (secondary N) is 2. The number of ether oxygens (including phenoxy) is 2. The summed E-state index contributed by atoms with van der Waals surface area (Å²) < 4.78 is 11.0.